The normalized spacial score (nSPS) is 52.4. The van der Waals surface area contributed by atoms with Gasteiger partial charge in [0.25, 0.3) is 0 Å². The number of allylic oxidation sites excluding steroid dienone is 1. The lowest BCUT2D eigenvalue weighted by atomic mass is 9.42. The van der Waals surface area contributed by atoms with E-state index in [-0.39, 0.29) is 54.0 Å². The maximum atomic E-state index is 11.6. The predicted molar refractivity (Wildman–Crippen MR) is 131 cm³/mol. The molecule has 0 bridgehead atoms. The standard InChI is InChI=1S/C28H48O6/c1-16(6-7-17(2)27(5,33)15-29)21-13-22(31)24-19-12-23(32)28(34)14-18(30)8-11-26(28,4)20(19)9-10-25(21,24)3/h6-7,16-24,29-34H,8-15H2,1-5H3. The fourth-order valence-electron chi connectivity index (χ4n) is 9.02. The summed E-state index contributed by atoms with van der Waals surface area (Å²) in [6.07, 6.45) is 6.98. The van der Waals surface area contributed by atoms with Gasteiger partial charge in [-0.2, -0.15) is 0 Å². The van der Waals surface area contributed by atoms with Crippen molar-refractivity contribution in [3.8, 4) is 0 Å². The van der Waals surface area contributed by atoms with Gasteiger partial charge in [0.1, 0.15) is 0 Å². The molecule has 0 saturated heterocycles. The Morgan fingerprint density at radius 1 is 1.03 bits per heavy atom. The highest BCUT2D eigenvalue weighted by atomic mass is 16.3. The van der Waals surface area contributed by atoms with E-state index in [2.05, 4.69) is 26.8 Å². The van der Waals surface area contributed by atoms with Crippen molar-refractivity contribution in [2.24, 2.45) is 46.3 Å². The molecule has 0 aromatic carbocycles. The highest BCUT2D eigenvalue weighted by Crippen LogP contribution is 2.69. The second kappa shape index (κ2) is 8.81. The van der Waals surface area contributed by atoms with Gasteiger partial charge in [-0.3, -0.25) is 0 Å². The molecular formula is C28H48O6. The summed E-state index contributed by atoms with van der Waals surface area (Å²) in [5.74, 6) is 0.773. The molecule has 0 aromatic heterocycles. The van der Waals surface area contributed by atoms with Crippen molar-refractivity contribution in [3.05, 3.63) is 12.2 Å². The molecule has 4 saturated carbocycles. The van der Waals surface area contributed by atoms with Crippen LogP contribution in [0.25, 0.3) is 0 Å². The summed E-state index contributed by atoms with van der Waals surface area (Å²) in [5.41, 5.74) is -2.94. The number of aliphatic hydroxyl groups excluding tert-OH is 4. The minimum Gasteiger partial charge on any atom is -0.393 e. The molecule has 196 valence electrons. The minimum absolute atomic E-state index is 0.0627. The summed E-state index contributed by atoms with van der Waals surface area (Å²) in [6, 6.07) is 0. The SMILES string of the molecule is CC(C=CC(C)C(C)(O)CO)C1CC(O)C2C3CC(O)C4(O)CC(O)CCC4(C)C3CCC12C. The molecule has 0 aliphatic heterocycles. The molecule has 13 unspecified atom stereocenters. The largest absolute Gasteiger partial charge is 0.393 e. The highest BCUT2D eigenvalue weighted by Gasteiger charge is 2.68. The van der Waals surface area contributed by atoms with E-state index < -0.39 is 34.9 Å². The van der Waals surface area contributed by atoms with Gasteiger partial charge in [0, 0.05) is 17.8 Å². The van der Waals surface area contributed by atoms with Crippen LogP contribution in [0.3, 0.4) is 0 Å². The van der Waals surface area contributed by atoms with Crippen molar-refractivity contribution in [2.45, 2.75) is 109 Å². The van der Waals surface area contributed by atoms with Gasteiger partial charge >= 0.3 is 0 Å². The van der Waals surface area contributed by atoms with Crippen LogP contribution < -0.4 is 0 Å². The lowest BCUT2D eigenvalue weighted by Gasteiger charge is -2.65. The average Bonchev–Trinajstić information content (AvgIpc) is 3.05. The monoisotopic (exact) mass is 480 g/mol. The molecule has 0 heterocycles. The molecule has 6 nitrogen and oxygen atoms in total. The van der Waals surface area contributed by atoms with Crippen LogP contribution in [0.4, 0.5) is 0 Å². The maximum Gasteiger partial charge on any atom is 0.0985 e. The van der Waals surface area contributed by atoms with E-state index >= 15 is 0 Å². The Hall–Kier alpha value is -0.500. The molecule has 0 aromatic rings. The number of fused-ring (bicyclic) bond motifs is 5. The first kappa shape index (κ1) is 26.6. The zero-order chi connectivity index (χ0) is 25.3. The van der Waals surface area contributed by atoms with Crippen molar-refractivity contribution in [1.29, 1.82) is 0 Å². The Labute approximate surface area is 205 Å². The second-order valence-corrected chi connectivity index (χ2v) is 13.3. The summed E-state index contributed by atoms with van der Waals surface area (Å²) in [4.78, 5) is 0. The van der Waals surface area contributed by atoms with Gasteiger partial charge < -0.3 is 30.6 Å². The third-order valence-corrected chi connectivity index (χ3v) is 11.5. The summed E-state index contributed by atoms with van der Waals surface area (Å²) in [7, 11) is 0. The number of aliphatic hydroxyl groups is 6. The lowest BCUT2D eigenvalue weighted by molar-refractivity contribution is -0.268. The van der Waals surface area contributed by atoms with Gasteiger partial charge in [-0.15, -0.1) is 0 Å². The van der Waals surface area contributed by atoms with Crippen LogP contribution in [-0.2, 0) is 0 Å². The van der Waals surface area contributed by atoms with Crippen molar-refractivity contribution < 1.29 is 30.6 Å². The van der Waals surface area contributed by atoms with Gasteiger partial charge in [-0.1, -0.05) is 39.8 Å². The molecule has 4 rings (SSSR count). The second-order valence-electron chi connectivity index (χ2n) is 13.3. The van der Waals surface area contributed by atoms with Crippen LogP contribution in [0.2, 0.25) is 0 Å². The molecule has 4 aliphatic carbocycles. The predicted octanol–water partition coefficient (Wildman–Crippen LogP) is 2.63. The first-order valence-electron chi connectivity index (χ1n) is 13.5. The van der Waals surface area contributed by atoms with E-state index in [1.54, 1.807) is 6.92 Å². The molecular weight excluding hydrogens is 432 g/mol. The Bertz CT molecular complexity index is 783. The molecule has 6 N–H and O–H groups in total. The lowest BCUT2D eigenvalue weighted by Crippen LogP contribution is -2.69. The Balaban J connectivity index is 1.59. The van der Waals surface area contributed by atoms with Crippen LogP contribution in [-0.4, -0.2) is 66.8 Å². The molecule has 34 heavy (non-hydrogen) atoms. The molecule has 6 heteroatoms. The molecule has 0 amide bonds. The van der Waals surface area contributed by atoms with E-state index in [4.69, 9.17) is 0 Å². The van der Waals surface area contributed by atoms with Crippen LogP contribution in [0.15, 0.2) is 12.2 Å². The van der Waals surface area contributed by atoms with Gasteiger partial charge in [0.05, 0.1) is 36.1 Å². The van der Waals surface area contributed by atoms with Crippen molar-refractivity contribution in [2.75, 3.05) is 6.61 Å². The summed E-state index contributed by atoms with van der Waals surface area (Å²) in [5, 5.41) is 64.3. The first-order chi connectivity index (χ1) is 15.7. The first-order valence-corrected chi connectivity index (χ1v) is 13.5. The number of hydrogen-bond donors (Lipinski definition) is 6. The van der Waals surface area contributed by atoms with Crippen LogP contribution in [0.5, 0.6) is 0 Å². The van der Waals surface area contributed by atoms with Crippen LogP contribution in [0.1, 0.15) is 79.6 Å². The Morgan fingerprint density at radius 2 is 1.71 bits per heavy atom. The topological polar surface area (TPSA) is 121 Å². The summed E-state index contributed by atoms with van der Waals surface area (Å²) >= 11 is 0. The molecule has 4 aliphatic rings. The van der Waals surface area contributed by atoms with Gasteiger partial charge in [0.15, 0.2) is 0 Å². The fraction of sp³-hybridized carbons (Fsp3) is 0.929. The van der Waals surface area contributed by atoms with Gasteiger partial charge in [-0.25, -0.2) is 0 Å². The van der Waals surface area contributed by atoms with E-state index in [9.17, 15) is 30.6 Å². The van der Waals surface area contributed by atoms with Crippen molar-refractivity contribution in [3.63, 3.8) is 0 Å². The van der Waals surface area contributed by atoms with E-state index in [1.165, 1.54) is 0 Å². The van der Waals surface area contributed by atoms with Gasteiger partial charge in [0.2, 0.25) is 0 Å². The zero-order valence-electron chi connectivity index (χ0n) is 21.7. The molecule has 0 spiro atoms. The maximum absolute atomic E-state index is 11.6. The highest BCUT2D eigenvalue weighted by molar-refractivity contribution is 5.19. The zero-order valence-corrected chi connectivity index (χ0v) is 21.7. The Morgan fingerprint density at radius 3 is 2.35 bits per heavy atom. The smallest absolute Gasteiger partial charge is 0.0985 e. The summed E-state index contributed by atoms with van der Waals surface area (Å²) in [6.45, 7) is 9.87. The van der Waals surface area contributed by atoms with Crippen LogP contribution in [0, 0.1) is 46.3 Å². The van der Waals surface area contributed by atoms with Crippen molar-refractivity contribution in [1.82, 2.24) is 0 Å². The molecule has 0 radical (unpaired) electrons. The van der Waals surface area contributed by atoms with Crippen molar-refractivity contribution >= 4 is 0 Å². The van der Waals surface area contributed by atoms with E-state index in [0.29, 0.717) is 19.3 Å². The Kier molecular flexibility index (Phi) is 6.88. The quantitative estimate of drug-likeness (QED) is 0.337. The van der Waals surface area contributed by atoms with Gasteiger partial charge in [-0.05, 0) is 80.5 Å². The fourth-order valence-corrected chi connectivity index (χ4v) is 9.02. The van der Waals surface area contributed by atoms with E-state index in [1.807, 2.05) is 13.0 Å². The average molecular weight is 481 g/mol. The molecule has 13 atom stereocenters. The minimum atomic E-state index is -1.27. The number of rotatable bonds is 5. The third kappa shape index (κ3) is 3.83. The molecule has 4 fully saturated rings. The number of hydrogen-bond acceptors (Lipinski definition) is 6. The van der Waals surface area contributed by atoms with E-state index in [0.717, 1.165) is 19.3 Å². The third-order valence-electron chi connectivity index (χ3n) is 11.5. The van der Waals surface area contributed by atoms with Crippen LogP contribution >= 0.6 is 0 Å². The summed E-state index contributed by atoms with van der Waals surface area (Å²) < 4.78 is 0.